The van der Waals surface area contributed by atoms with Crippen molar-refractivity contribution < 1.29 is 9.53 Å². The number of rotatable bonds is 5. The Kier molecular flexibility index (Phi) is 6.53. The summed E-state index contributed by atoms with van der Waals surface area (Å²) in [6, 6.07) is 8.45. The van der Waals surface area contributed by atoms with Crippen LogP contribution in [0.15, 0.2) is 24.3 Å². The summed E-state index contributed by atoms with van der Waals surface area (Å²) in [5.74, 6) is 0. The lowest BCUT2D eigenvalue weighted by atomic mass is 10.1. The van der Waals surface area contributed by atoms with Gasteiger partial charge in [-0.1, -0.05) is 30.7 Å². The summed E-state index contributed by atoms with van der Waals surface area (Å²) in [6.07, 6.45) is 1.81. The van der Waals surface area contributed by atoms with Crippen molar-refractivity contribution >= 4 is 17.7 Å². The van der Waals surface area contributed by atoms with Crippen molar-refractivity contribution in [2.45, 2.75) is 52.2 Å². The van der Waals surface area contributed by atoms with Gasteiger partial charge in [0.1, 0.15) is 5.60 Å². The Morgan fingerprint density at radius 2 is 2.00 bits per heavy atom. The second-order valence-corrected chi connectivity index (χ2v) is 7.81. The fourth-order valence-corrected chi connectivity index (χ4v) is 3.18. The van der Waals surface area contributed by atoms with Crippen molar-refractivity contribution in [2.24, 2.45) is 0 Å². The maximum Gasteiger partial charge on any atom is 0.410 e. The van der Waals surface area contributed by atoms with Gasteiger partial charge in [0.25, 0.3) is 0 Å². The Morgan fingerprint density at radius 1 is 1.33 bits per heavy atom. The summed E-state index contributed by atoms with van der Waals surface area (Å²) in [5.41, 5.74) is 0.855. The molecule has 1 atom stereocenters. The maximum atomic E-state index is 12.2. The van der Waals surface area contributed by atoms with E-state index < -0.39 is 5.60 Å². The predicted molar refractivity (Wildman–Crippen MR) is 98.6 cm³/mol. The molecule has 0 aromatic heterocycles. The molecule has 1 aromatic rings. The highest BCUT2D eigenvalue weighted by Crippen LogP contribution is 2.19. The Bertz CT molecular complexity index is 539. The lowest BCUT2D eigenvalue weighted by molar-refractivity contribution is 0.0280. The molecule has 1 fully saturated rings. The smallest absolute Gasteiger partial charge is 0.410 e. The molecule has 2 rings (SSSR count). The monoisotopic (exact) mass is 352 g/mol. The van der Waals surface area contributed by atoms with E-state index in [1.54, 1.807) is 0 Å². The fraction of sp³-hybridized carbons (Fsp3) is 0.632. The molecule has 0 bridgehead atoms. The Balaban J connectivity index is 1.85. The molecule has 0 radical (unpaired) electrons. The number of carbonyl (C=O) groups is 1. The highest BCUT2D eigenvalue weighted by atomic mass is 35.5. The number of hydrogen-bond acceptors (Lipinski definition) is 3. The molecule has 1 aromatic carbocycles. The minimum absolute atomic E-state index is 0.196. The summed E-state index contributed by atoms with van der Waals surface area (Å²) in [7, 11) is 0. The average Bonchev–Trinajstić information content (AvgIpc) is 2.98. The zero-order valence-electron chi connectivity index (χ0n) is 15.2. The van der Waals surface area contributed by atoms with E-state index in [4.69, 9.17) is 16.3 Å². The third kappa shape index (κ3) is 5.67. The summed E-state index contributed by atoms with van der Waals surface area (Å²) in [6.45, 7) is 11.4. The van der Waals surface area contributed by atoms with Gasteiger partial charge in [-0.2, -0.15) is 0 Å². The van der Waals surface area contributed by atoms with Gasteiger partial charge in [-0.3, -0.25) is 4.90 Å². The Morgan fingerprint density at radius 3 is 2.58 bits per heavy atom. The largest absolute Gasteiger partial charge is 0.444 e. The van der Waals surface area contributed by atoms with Crippen LogP contribution < -0.4 is 0 Å². The molecule has 24 heavy (non-hydrogen) atoms. The van der Waals surface area contributed by atoms with E-state index in [0.29, 0.717) is 6.04 Å². The van der Waals surface area contributed by atoms with Crippen LogP contribution in [0.3, 0.4) is 0 Å². The van der Waals surface area contributed by atoms with Crippen LogP contribution in [0.25, 0.3) is 0 Å². The standard InChI is InChI=1S/C19H29ClN2O2/c1-5-21(12-10-15-6-8-16(20)9-7-15)17-11-13-22(14-17)18(23)24-19(2,3)4/h6-9,17H,5,10-14H2,1-4H3/t17-/m1/s1. The summed E-state index contributed by atoms with van der Waals surface area (Å²) in [5, 5.41) is 0.773. The molecule has 0 spiro atoms. The van der Waals surface area contributed by atoms with Crippen LogP contribution in [0, 0.1) is 0 Å². The van der Waals surface area contributed by atoms with E-state index >= 15 is 0 Å². The number of likely N-dealkylation sites (N-methyl/N-ethyl adjacent to an activating group) is 1. The molecule has 0 aliphatic carbocycles. The number of benzene rings is 1. The molecule has 0 saturated carbocycles. The van der Waals surface area contributed by atoms with Gasteiger partial charge in [0, 0.05) is 30.7 Å². The van der Waals surface area contributed by atoms with Crippen molar-refractivity contribution in [2.75, 3.05) is 26.2 Å². The van der Waals surface area contributed by atoms with Crippen LogP contribution in [0.1, 0.15) is 39.7 Å². The molecule has 1 amide bonds. The van der Waals surface area contributed by atoms with Crippen LogP contribution >= 0.6 is 11.6 Å². The first-order valence-electron chi connectivity index (χ1n) is 8.75. The summed E-state index contributed by atoms with van der Waals surface area (Å²) >= 11 is 5.94. The molecular formula is C19H29ClN2O2. The molecule has 1 saturated heterocycles. The van der Waals surface area contributed by atoms with E-state index in [1.807, 2.05) is 37.8 Å². The zero-order valence-corrected chi connectivity index (χ0v) is 16.0. The van der Waals surface area contributed by atoms with Gasteiger partial charge in [0.2, 0.25) is 0 Å². The number of nitrogens with zero attached hydrogens (tertiary/aromatic N) is 2. The quantitative estimate of drug-likeness (QED) is 0.795. The first-order chi connectivity index (χ1) is 11.3. The number of amides is 1. The topological polar surface area (TPSA) is 32.8 Å². The van der Waals surface area contributed by atoms with E-state index in [9.17, 15) is 4.79 Å². The van der Waals surface area contributed by atoms with Crippen molar-refractivity contribution in [1.82, 2.24) is 9.80 Å². The van der Waals surface area contributed by atoms with Crippen LogP contribution in [0.2, 0.25) is 5.02 Å². The number of ether oxygens (including phenoxy) is 1. The highest BCUT2D eigenvalue weighted by molar-refractivity contribution is 6.30. The third-order valence-corrected chi connectivity index (χ3v) is 4.59. The van der Waals surface area contributed by atoms with Crippen LogP contribution in [-0.4, -0.2) is 53.7 Å². The van der Waals surface area contributed by atoms with Gasteiger partial charge in [0.05, 0.1) is 0 Å². The van der Waals surface area contributed by atoms with Crippen molar-refractivity contribution in [3.63, 3.8) is 0 Å². The SMILES string of the molecule is CCN(CCc1ccc(Cl)cc1)[C@@H]1CCN(C(=O)OC(C)(C)C)C1. The third-order valence-electron chi connectivity index (χ3n) is 4.34. The number of likely N-dealkylation sites (tertiary alicyclic amines) is 1. The van der Waals surface area contributed by atoms with E-state index in [1.165, 1.54) is 5.56 Å². The van der Waals surface area contributed by atoms with Crippen LogP contribution in [0.4, 0.5) is 4.79 Å². The number of hydrogen-bond donors (Lipinski definition) is 0. The normalized spacial score (nSPS) is 18.2. The highest BCUT2D eigenvalue weighted by Gasteiger charge is 2.32. The lowest BCUT2D eigenvalue weighted by Gasteiger charge is -2.28. The molecule has 4 nitrogen and oxygen atoms in total. The molecule has 134 valence electrons. The predicted octanol–water partition coefficient (Wildman–Crippen LogP) is 4.21. The number of carbonyl (C=O) groups excluding carboxylic acids is 1. The molecule has 0 N–H and O–H groups in total. The first-order valence-corrected chi connectivity index (χ1v) is 9.12. The summed E-state index contributed by atoms with van der Waals surface area (Å²) in [4.78, 5) is 16.5. The van der Waals surface area contributed by atoms with Crippen molar-refractivity contribution in [1.29, 1.82) is 0 Å². The Labute approximate surface area is 150 Å². The van der Waals surface area contributed by atoms with E-state index in [2.05, 4.69) is 24.0 Å². The minimum atomic E-state index is -0.436. The van der Waals surface area contributed by atoms with Crippen LogP contribution in [0.5, 0.6) is 0 Å². The fourth-order valence-electron chi connectivity index (χ4n) is 3.05. The molecule has 1 aliphatic heterocycles. The van der Waals surface area contributed by atoms with E-state index in [-0.39, 0.29) is 6.09 Å². The minimum Gasteiger partial charge on any atom is -0.444 e. The van der Waals surface area contributed by atoms with Gasteiger partial charge >= 0.3 is 6.09 Å². The molecule has 1 aliphatic rings. The molecule has 0 unspecified atom stereocenters. The van der Waals surface area contributed by atoms with Crippen molar-refractivity contribution in [3.05, 3.63) is 34.9 Å². The maximum absolute atomic E-state index is 12.2. The van der Waals surface area contributed by atoms with Gasteiger partial charge in [0.15, 0.2) is 0 Å². The number of halogens is 1. The molecular weight excluding hydrogens is 324 g/mol. The van der Waals surface area contributed by atoms with Crippen LogP contribution in [-0.2, 0) is 11.2 Å². The Hall–Kier alpha value is -1.26. The van der Waals surface area contributed by atoms with Gasteiger partial charge in [-0.15, -0.1) is 0 Å². The van der Waals surface area contributed by atoms with E-state index in [0.717, 1.165) is 44.0 Å². The second-order valence-electron chi connectivity index (χ2n) is 7.37. The average molecular weight is 353 g/mol. The van der Waals surface area contributed by atoms with Gasteiger partial charge < -0.3 is 9.64 Å². The lowest BCUT2D eigenvalue weighted by Crippen LogP contribution is -2.41. The van der Waals surface area contributed by atoms with Crippen molar-refractivity contribution in [3.8, 4) is 0 Å². The second kappa shape index (κ2) is 8.21. The van der Waals surface area contributed by atoms with Gasteiger partial charge in [-0.05, 0) is 57.9 Å². The molecule has 5 heteroatoms. The van der Waals surface area contributed by atoms with Gasteiger partial charge in [-0.25, -0.2) is 4.79 Å². The first kappa shape index (κ1) is 19.1. The molecule has 1 heterocycles. The summed E-state index contributed by atoms with van der Waals surface area (Å²) < 4.78 is 5.48. The zero-order chi connectivity index (χ0) is 17.7.